The number of Topliss-reactive ketones (excluding diaryl/α,β-unsaturated/α-hetero) is 1. The molecule has 5 rings (SSSR count). The number of carbonyl (C=O) groups excluding carboxylic acids is 2. The number of hydrogen-bond donors (Lipinski definition) is 2. The Morgan fingerprint density at radius 2 is 1.76 bits per heavy atom. The van der Waals surface area contributed by atoms with Crippen LogP contribution in [0, 0.1) is 34.5 Å². The summed E-state index contributed by atoms with van der Waals surface area (Å²) in [6, 6.07) is 6.52. The Morgan fingerprint density at radius 3 is 2.38 bits per heavy atom. The minimum absolute atomic E-state index is 0.0285. The summed E-state index contributed by atoms with van der Waals surface area (Å²) in [4.78, 5) is 27.5. The molecule has 0 heterocycles. The number of carbonyl (C=O) groups is 2. The molecule has 182 valence electrons. The molecule has 4 aliphatic rings. The largest absolute Gasteiger partial charge is 0.497 e. The molecule has 1 spiro atoms. The number of esters is 1. The lowest BCUT2D eigenvalue weighted by atomic mass is 9.59. The first-order valence-corrected chi connectivity index (χ1v) is 12.1. The summed E-state index contributed by atoms with van der Waals surface area (Å²) >= 11 is 0. The molecule has 0 aliphatic heterocycles. The number of hydrogen-bond acceptors (Lipinski definition) is 6. The Labute approximate surface area is 200 Å². The van der Waals surface area contributed by atoms with Crippen molar-refractivity contribution in [3.8, 4) is 5.75 Å². The van der Waals surface area contributed by atoms with Gasteiger partial charge >= 0.3 is 5.97 Å². The van der Waals surface area contributed by atoms with Gasteiger partial charge in [-0.3, -0.25) is 4.79 Å². The van der Waals surface area contributed by atoms with E-state index in [2.05, 4.69) is 13.8 Å². The first kappa shape index (κ1) is 23.3. The summed E-state index contributed by atoms with van der Waals surface area (Å²) in [6.45, 7) is 9.91. The highest BCUT2D eigenvalue weighted by Crippen LogP contribution is 2.71. The third kappa shape index (κ3) is 2.75. The van der Waals surface area contributed by atoms with Crippen molar-refractivity contribution >= 4 is 11.8 Å². The van der Waals surface area contributed by atoms with Gasteiger partial charge in [-0.15, -0.1) is 0 Å². The molecule has 8 atom stereocenters. The molecule has 2 saturated carbocycles. The van der Waals surface area contributed by atoms with Crippen LogP contribution < -0.4 is 4.74 Å². The second kappa shape index (κ2) is 7.28. The maximum atomic E-state index is 14.3. The molecule has 0 radical (unpaired) electrons. The number of fused-ring (bicyclic) bond motifs is 3. The van der Waals surface area contributed by atoms with E-state index in [-0.39, 0.29) is 23.0 Å². The fourth-order valence-electron chi connectivity index (χ4n) is 7.47. The Balaban J connectivity index is 1.63. The van der Waals surface area contributed by atoms with E-state index >= 15 is 0 Å². The molecule has 2 bridgehead atoms. The average molecular weight is 467 g/mol. The molecule has 4 aliphatic carbocycles. The molecule has 0 saturated heterocycles. The van der Waals surface area contributed by atoms with Crippen LogP contribution in [-0.4, -0.2) is 46.9 Å². The highest BCUT2D eigenvalue weighted by atomic mass is 16.6. The smallest absolute Gasteiger partial charge is 0.338 e. The molecule has 0 aromatic heterocycles. The highest BCUT2D eigenvalue weighted by Gasteiger charge is 2.76. The maximum Gasteiger partial charge on any atom is 0.338 e. The average Bonchev–Trinajstić information content (AvgIpc) is 3.31. The number of benzene rings is 1. The summed E-state index contributed by atoms with van der Waals surface area (Å²) in [6.07, 6.45) is 1.95. The van der Waals surface area contributed by atoms with E-state index < -0.39 is 35.1 Å². The number of aliphatic hydroxyl groups is 2. The van der Waals surface area contributed by atoms with Gasteiger partial charge in [0.1, 0.15) is 11.9 Å². The van der Waals surface area contributed by atoms with E-state index in [4.69, 9.17) is 9.47 Å². The Bertz CT molecular complexity index is 1110. The third-order valence-corrected chi connectivity index (χ3v) is 9.39. The monoisotopic (exact) mass is 466 g/mol. The predicted molar refractivity (Wildman–Crippen MR) is 126 cm³/mol. The van der Waals surface area contributed by atoms with Gasteiger partial charge in [-0.25, -0.2) is 4.79 Å². The van der Waals surface area contributed by atoms with Crippen LogP contribution in [0.5, 0.6) is 5.75 Å². The molecule has 1 aromatic rings. The van der Waals surface area contributed by atoms with Crippen LogP contribution in [0.3, 0.4) is 0 Å². The Kier molecular flexibility index (Phi) is 4.99. The van der Waals surface area contributed by atoms with Gasteiger partial charge in [0.2, 0.25) is 0 Å². The zero-order valence-electron chi connectivity index (χ0n) is 20.7. The Hall–Kier alpha value is -2.44. The van der Waals surface area contributed by atoms with Crippen molar-refractivity contribution in [2.45, 2.75) is 58.8 Å². The molecule has 0 unspecified atom stereocenters. The number of allylic oxidation sites excluding steroid dienone is 1. The molecule has 34 heavy (non-hydrogen) atoms. The van der Waals surface area contributed by atoms with E-state index in [9.17, 15) is 19.8 Å². The van der Waals surface area contributed by atoms with Crippen LogP contribution in [0.2, 0.25) is 0 Å². The van der Waals surface area contributed by atoms with Crippen LogP contribution >= 0.6 is 0 Å². The molecule has 2 fully saturated rings. The number of ketones is 1. The van der Waals surface area contributed by atoms with Crippen LogP contribution in [0.15, 0.2) is 47.6 Å². The molecule has 0 amide bonds. The maximum absolute atomic E-state index is 14.3. The van der Waals surface area contributed by atoms with Gasteiger partial charge in [0, 0.05) is 5.92 Å². The van der Waals surface area contributed by atoms with E-state index in [1.54, 1.807) is 51.3 Å². The van der Waals surface area contributed by atoms with Gasteiger partial charge in [-0.2, -0.15) is 0 Å². The lowest BCUT2D eigenvalue weighted by Gasteiger charge is -2.49. The molecule has 2 N–H and O–H groups in total. The van der Waals surface area contributed by atoms with Crippen LogP contribution in [-0.2, 0) is 9.53 Å². The van der Waals surface area contributed by atoms with Gasteiger partial charge in [-0.1, -0.05) is 32.9 Å². The summed E-state index contributed by atoms with van der Waals surface area (Å²) in [5.74, 6) is -0.166. The predicted octanol–water partition coefficient (Wildman–Crippen LogP) is 3.72. The van der Waals surface area contributed by atoms with Gasteiger partial charge in [0.15, 0.2) is 17.5 Å². The van der Waals surface area contributed by atoms with Gasteiger partial charge < -0.3 is 19.7 Å². The van der Waals surface area contributed by atoms with Crippen LogP contribution in [0.1, 0.15) is 51.4 Å². The lowest BCUT2D eigenvalue weighted by Crippen LogP contribution is -2.65. The minimum atomic E-state index is -1.98. The SMILES string of the molecule is COc1ccc(C(=O)O[C@@H]2C(C)=C[C@@H]3C(=O)[C@]4(C=C(C)[C@H](O)[C@@]24O)[C@H](C)C[C@@H]2[C@H]3C2(C)C)cc1. The van der Waals surface area contributed by atoms with Crippen LogP contribution in [0.4, 0.5) is 0 Å². The standard InChI is InChI=1S/C28H34O6/c1-14-11-19-21-20(26(21,4)5)12-16(3)27(23(19)30)13-15(2)22(29)28(27,32)24(14)34-25(31)17-7-9-18(33-6)10-8-17/h7-11,13,16,19-22,24,29,32H,12H2,1-6H3/t16-,19+,20-,21+,22+,24-,27+,28-/m1/s1. The fourth-order valence-corrected chi connectivity index (χ4v) is 7.47. The number of ether oxygens (including phenoxy) is 2. The van der Waals surface area contributed by atoms with Crippen molar-refractivity contribution in [1.29, 1.82) is 0 Å². The topological polar surface area (TPSA) is 93.1 Å². The molecule has 6 nitrogen and oxygen atoms in total. The summed E-state index contributed by atoms with van der Waals surface area (Å²) in [5.41, 5.74) is -1.84. The quantitative estimate of drug-likeness (QED) is 0.521. The van der Waals surface area contributed by atoms with Crippen molar-refractivity contribution in [3.63, 3.8) is 0 Å². The van der Waals surface area contributed by atoms with E-state index in [0.29, 0.717) is 28.4 Å². The summed E-state index contributed by atoms with van der Waals surface area (Å²) in [5, 5.41) is 23.7. The summed E-state index contributed by atoms with van der Waals surface area (Å²) in [7, 11) is 1.54. The number of methoxy groups -OCH3 is 1. The molecular weight excluding hydrogens is 432 g/mol. The lowest BCUT2D eigenvalue weighted by molar-refractivity contribution is -0.189. The first-order valence-electron chi connectivity index (χ1n) is 12.1. The zero-order valence-corrected chi connectivity index (χ0v) is 20.7. The molecular formula is C28H34O6. The summed E-state index contributed by atoms with van der Waals surface area (Å²) < 4.78 is 11.1. The first-order chi connectivity index (χ1) is 15.9. The normalized spacial score (nSPS) is 41.8. The number of aliphatic hydroxyl groups excluding tert-OH is 1. The van der Waals surface area contributed by atoms with Gasteiger partial charge in [-0.05, 0) is 78.8 Å². The zero-order chi connectivity index (χ0) is 24.8. The van der Waals surface area contributed by atoms with Crippen molar-refractivity contribution < 1.29 is 29.3 Å². The van der Waals surface area contributed by atoms with E-state index in [1.165, 1.54) is 0 Å². The second-order valence-electron chi connectivity index (χ2n) is 11.4. The van der Waals surface area contributed by atoms with E-state index in [1.807, 2.05) is 13.0 Å². The van der Waals surface area contributed by atoms with Gasteiger partial charge in [0.25, 0.3) is 0 Å². The van der Waals surface area contributed by atoms with Crippen LogP contribution in [0.25, 0.3) is 0 Å². The van der Waals surface area contributed by atoms with Crippen molar-refractivity contribution in [3.05, 3.63) is 53.1 Å². The van der Waals surface area contributed by atoms with Gasteiger partial charge in [0.05, 0.1) is 18.1 Å². The third-order valence-electron chi connectivity index (χ3n) is 9.39. The second-order valence-corrected chi connectivity index (χ2v) is 11.4. The van der Waals surface area contributed by atoms with E-state index in [0.717, 1.165) is 6.42 Å². The van der Waals surface area contributed by atoms with Crippen molar-refractivity contribution in [2.24, 2.45) is 34.5 Å². The van der Waals surface area contributed by atoms with Crippen molar-refractivity contribution in [2.75, 3.05) is 7.11 Å². The fraction of sp³-hybridized carbons (Fsp3) is 0.571. The highest BCUT2D eigenvalue weighted by molar-refractivity contribution is 5.96. The Morgan fingerprint density at radius 1 is 1.12 bits per heavy atom. The molecule has 6 heteroatoms. The molecule has 1 aromatic carbocycles. The van der Waals surface area contributed by atoms with Crippen molar-refractivity contribution in [1.82, 2.24) is 0 Å². The number of rotatable bonds is 3. The minimum Gasteiger partial charge on any atom is -0.497 e.